The molecule has 0 aliphatic heterocycles. The van der Waals surface area contributed by atoms with Gasteiger partial charge in [0.2, 0.25) is 11.8 Å². The number of nitrogens with one attached hydrogen (secondary N) is 2. The molecule has 1 aliphatic rings. The average molecular weight is 348 g/mol. The predicted octanol–water partition coefficient (Wildman–Crippen LogP) is 1.59. The molecule has 0 saturated heterocycles. The summed E-state index contributed by atoms with van der Waals surface area (Å²) in [7, 11) is 1.61. The zero-order valence-corrected chi connectivity index (χ0v) is 14.5. The van der Waals surface area contributed by atoms with Gasteiger partial charge in [-0.15, -0.1) is 0 Å². The van der Waals surface area contributed by atoms with Crippen molar-refractivity contribution in [2.45, 2.75) is 19.8 Å². The number of rotatable bonds is 9. The van der Waals surface area contributed by atoms with E-state index >= 15 is 0 Å². The van der Waals surface area contributed by atoms with E-state index in [2.05, 4.69) is 10.6 Å². The van der Waals surface area contributed by atoms with Gasteiger partial charge in [-0.1, -0.05) is 12.1 Å². The summed E-state index contributed by atoms with van der Waals surface area (Å²) in [5.74, 6) is -1.53. The molecule has 0 radical (unpaired) electrons. The Morgan fingerprint density at radius 1 is 1.16 bits per heavy atom. The van der Waals surface area contributed by atoms with Crippen LogP contribution in [0, 0.1) is 11.8 Å². The van der Waals surface area contributed by atoms with E-state index < -0.39 is 5.97 Å². The number of benzene rings is 1. The maximum absolute atomic E-state index is 12.3. The molecule has 0 bridgehead atoms. The maximum atomic E-state index is 12.3. The molecule has 2 atom stereocenters. The highest BCUT2D eigenvalue weighted by Gasteiger charge is 2.48. The van der Waals surface area contributed by atoms with E-state index in [1.54, 1.807) is 38.3 Å². The van der Waals surface area contributed by atoms with Gasteiger partial charge in [0.1, 0.15) is 0 Å². The van der Waals surface area contributed by atoms with Crippen molar-refractivity contribution in [1.29, 1.82) is 0 Å². The van der Waals surface area contributed by atoms with Crippen molar-refractivity contribution in [3.63, 3.8) is 0 Å². The van der Waals surface area contributed by atoms with Gasteiger partial charge in [-0.25, -0.2) is 4.79 Å². The smallest absolute Gasteiger partial charge is 0.340 e. The first-order chi connectivity index (χ1) is 12.1. The lowest BCUT2D eigenvalue weighted by Gasteiger charge is -2.10. The Balaban J connectivity index is 1.87. The third kappa shape index (κ3) is 5.29. The minimum Gasteiger partial charge on any atom is -0.462 e. The molecule has 7 nitrogen and oxygen atoms in total. The summed E-state index contributed by atoms with van der Waals surface area (Å²) in [5.41, 5.74) is 0.705. The SMILES string of the molecule is CCOC(=O)c1ccccc1NC(=O)C1CC1C(=O)NCCCOC. The van der Waals surface area contributed by atoms with Gasteiger partial charge < -0.3 is 20.1 Å². The van der Waals surface area contributed by atoms with E-state index in [1.165, 1.54) is 0 Å². The first-order valence-corrected chi connectivity index (χ1v) is 8.42. The van der Waals surface area contributed by atoms with Crippen LogP contribution >= 0.6 is 0 Å². The molecule has 2 amide bonds. The van der Waals surface area contributed by atoms with Gasteiger partial charge in [0.05, 0.1) is 29.7 Å². The second-order valence-corrected chi connectivity index (χ2v) is 5.84. The van der Waals surface area contributed by atoms with Crippen LogP contribution in [0.1, 0.15) is 30.1 Å². The van der Waals surface area contributed by atoms with Crippen LogP contribution in [-0.4, -0.2) is 44.7 Å². The van der Waals surface area contributed by atoms with E-state index in [0.717, 1.165) is 6.42 Å². The molecular formula is C18H24N2O5. The molecule has 1 aliphatic carbocycles. The van der Waals surface area contributed by atoms with Crippen LogP contribution in [0.5, 0.6) is 0 Å². The number of anilines is 1. The fraction of sp³-hybridized carbons (Fsp3) is 0.500. The van der Waals surface area contributed by atoms with Crippen molar-refractivity contribution in [3.05, 3.63) is 29.8 Å². The quantitative estimate of drug-likeness (QED) is 0.522. The van der Waals surface area contributed by atoms with Crippen LogP contribution in [0.2, 0.25) is 0 Å². The second kappa shape index (κ2) is 9.17. The van der Waals surface area contributed by atoms with Crippen LogP contribution in [0.4, 0.5) is 5.69 Å². The molecule has 0 spiro atoms. The largest absolute Gasteiger partial charge is 0.462 e. The average Bonchev–Trinajstić information content (AvgIpc) is 3.40. The Morgan fingerprint density at radius 2 is 1.88 bits per heavy atom. The van der Waals surface area contributed by atoms with Crippen LogP contribution in [0.3, 0.4) is 0 Å². The second-order valence-electron chi connectivity index (χ2n) is 5.84. The highest BCUT2D eigenvalue weighted by molar-refractivity contribution is 6.04. The molecule has 25 heavy (non-hydrogen) atoms. The van der Waals surface area contributed by atoms with Gasteiger partial charge in [-0.3, -0.25) is 9.59 Å². The minimum absolute atomic E-state index is 0.116. The van der Waals surface area contributed by atoms with E-state index in [4.69, 9.17) is 9.47 Å². The standard InChI is InChI=1S/C18H24N2O5/c1-3-25-18(23)12-7-4-5-8-15(12)20-17(22)14-11-13(14)16(21)19-9-6-10-24-2/h4-5,7-8,13-14H,3,6,9-11H2,1-2H3,(H,19,21)(H,20,22). The van der Waals surface area contributed by atoms with E-state index in [9.17, 15) is 14.4 Å². The Bertz CT molecular complexity index is 632. The number of amides is 2. The molecule has 2 N–H and O–H groups in total. The van der Waals surface area contributed by atoms with E-state index in [1.807, 2.05) is 0 Å². The Kier molecular flexibility index (Phi) is 6.94. The van der Waals surface area contributed by atoms with Gasteiger partial charge in [0.15, 0.2) is 0 Å². The van der Waals surface area contributed by atoms with Crippen LogP contribution in [0.25, 0.3) is 0 Å². The summed E-state index contributed by atoms with van der Waals surface area (Å²) >= 11 is 0. The molecular weight excluding hydrogens is 324 g/mol. The molecule has 2 rings (SSSR count). The van der Waals surface area contributed by atoms with Crippen molar-refractivity contribution in [1.82, 2.24) is 5.32 Å². The maximum Gasteiger partial charge on any atom is 0.340 e. The summed E-state index contributed by atoms with van der Waals surface area (Å²) in [4.78, 5) is 36.3. The first-order valence-electron chi connectivity index (χ1n) is 8.42. The summed E-state index contributed by atoms with van der Waals surface area (Å²) in [6.45, 7) is 3.09. The first kappa shape index (κ1) is 18.9. The van der Waals surface area contributed by atoms with Crippen LogP contribution in [0.15, 0.2) is 24.3 Å². The number of carbonyl (C=O) groups excluding carboxylic acids is 3. The van der Waals surface area contributed by atoms with Crippen molar-refractivity contribution in [3.8, 4) is 0 Å². The number of hydrogen-bond donors (Lipinski definition) is 2. The monoisotopic (exact) mass is 348 g/mol. The number of methoxy groups -OCH3 is 1. The molecule has 1 saturated carbocycles. The van der Waals surface area contributed by atoms with Crippen LogP contribution < -0.4 is 10.6 Å². The highest BCUT2D eigenvalue weighted by Crippen LogP contribution is 2.39. The third-order valence-corrected chi connectivity index (χ3v) is 3.97. The summed E-state index contributed by atoms with van der Waals surface area (Å²) in [6.07, 6.45) is 1.25. The summed E-state index contributed by atoms with van der Waals surface area (Å²) in [6, 6.07) is 6.67. The molecule has 136 valence electrons. The normalized spacial score (nSPS) is 18.3. The van der Waals surface area contributed by atoms with Gasteiger partial charge in [0, 0.05) is 20.3 Å². The van der Waals surface area contributed by atoms with Crippen molar-refractivity contribution >= 4 is 23.5 Å². The lowest BCUT2D eigenvalue weighted by molar-refractivity contribution is -0.125. The highest BCUT2D eigenvalue weighted by atomic mass is 16.5. The predicted molar refractivity (Wildman–Crippen MR) is 92.1 cm³/mol. The van der Waals surface area contributed by atoms with Gasteiger partial charge >= 0.3 is 5.97 Å². The topological polar surface area (TPSA) is 93.7 Å². The zero-order chi connectivity index (χ0) is 18.2. The summed E-state index contributed by atoms with van der Waals surface area (Å²) in [5, 5.41) is 5.53. The molecule has 1 fully saturated rings. The molecule has 1 aromatic carbocycles. The Labute approximate surface area is 147 Å². The zero-order valence-electron chi connectivity index (χ0n) is 14.5. The minimum atomic E-state index is -0.485. The fourth-order valence-corrected chi connectivity index (χ4v) is 2.54. The number of hydrogen-bond acceptors (Lipinski definition) is 5. The van der Waals surface area contributed by atoms with Gasteiger partial charge in [-0.2, -0.15) is 0 Å². The molecule has 7 heteroatoms. The number of ether oxygens (including phenoxy) is 2. The van der Waals surface area contributed by atoms with E-state index in [-0.39, 0.29) is 30.3 Å². The lowest BCUT2D eigenvalue weighted by atomic mass is 10.1. The number of para-hydroxylation sites is 1. The number of carbonyl (C=O) groups is 3. The van der Waals surface area contributed by atoms with Crippen molar-refractivity contribution in [2.75, 3.05) is 32.2 Å². The van der Waals surface area contributed by atoms with E-state index in [0.29, 0.717) is 30.8 Å². The molecule has 2 unspecified atom stereocenters. The number of esters is 1. The molecule has 0 heterocycles. The van der Waals surface area contributed by atoms with Crippen molar-refractivity contribution in [2.24, 2.45) is 11.8 Å². The van der Waals surface area contributed by atoms with Gasteiger partial charge in [-0.05, 0) is 31.9 Å². The summed E-state index contributed by atoms with van der Waals surface area (Å²) < 4.78 is 9.91. The Morgan fingerprint density at radius 3 is 2.60 bits per heavy atom. The molecule has 0 aromatic heterocycles. The fourth-order valence-electron chi connectivity index (χ4n) is 2.54. The Hall–Kier alpha value is -2.41. The van der Waals surface area contributed by atoms with Crippen LogP contribution in [-0.2, 0) is 19.1 Å². The molecule has 1 aromatic rings. The lowest BCUT2D eigenvalue weighted by Crippen LogP contribution is -2.29. The third-order valence-electron chi connectivity index (χ3n) is 3.97. The van der Waals surface area contributed by atoms with Crippen molar-refractivity contribution < 1.29 is 23.9 Å². The van der Waals surface area contributed by atoms with Gasteiger partial charge in [0.25, 0.3) is 0 Å².